The molecule has 0 saturated carbocycles. The summed E-state index contributed by atoms with van der Waals surface area (Å²) in [6.45, 7) is 4.88. The van der Waals surface area contributed by atoms with Crippen LogP contribution >= 0.6 is 0 Å². The fourth-order valence-electron chi connectivity index (χ4n) is 3.09. The third kappa shape index (κ3) is 4.19. The first kappa shape index (κ1) is 19.5. The van der Waals surface area contributed by atoms with Gasteiger partial charge in [0.05, 0.1) is 25.4 Å². The van der Waals surface area contributed by atoms with E-state index in [1.54, 1.807) is 21.8 Å². The first-order valence-electron chi connectivity index (χ1n) is 9.25. The third-order valence-electron chi connectivity index (χ3n) is 4.39. The van der Waals surface area contributed by atoms with E-state index >= 15 is 0 Å². The molecular weight excluding hydrogens is 356 g/mol. The van der Waals surface area contributed by atoms with Crippen molar-refractivity contribution in [2.45, 2.75) is 20.3 Å². The lowest BCUT2D eigenvalue weighted by atomic mass is 10.1. The minimum absolute atomic E-state index is 0.150. The Bertz CT molecular complexity index is 966. The molecule has 28 heavy (non-hydrogen) atoms. The number of hydrogen-bond donors (Lipinski definition) is 0. The Morgan fingerprint density at radius 2 is 1.93 bits per heavy atom. The molecular formula is C21H24N4O3. The van der Waals surface area contributed by atoms with Crippen molar-refractivity contribution < 1.29 is 14.3 Å². The number of aromatic nitrogens is 3. The van der Waals surface area contributed by atoms with Crippen molar-refractivity contribution in [3.8, 4) is 11.3 Å². The molecule has 1 aromatic carbocycles. The molecule has 0 N–H and O–H groups in total. The van der Waals surface area contributed by atoms with Gasteiger partial charge in [-0.3, -0.25) is 9.59 Å². The maximum atomic E-state index is 13.2. The second-order valence-electron chi connectivity index (χ2n) is 6.96. The lowest BCUT2D eigenvalue weighted by molar-refractivity contribution is -0.140. The molecule has 3 rings (SSSR count). The van der Waals surface area contributed by atoms with Gasteiger partial charge in [-0.25, -0.2) is 9.50 Å². The average molecular weight is 380 g/mol. The first-order valence-corrected chi connectivity index (χ1v) is 9.25. The number of benzene rings is 1. The number of carbonyl (C=O) groups is 2. The van der Waals surface area contributed by atoms with Gasteiger partial charge >= 0.3 is 5.97 Å². The Morgan fingerprint density at radius 3 is 2.61 bits per heavy atom. The third-order valence-corrected chi connectivity index (χ3v) is 4.39. The van der Waals surface area contributed by atoms with Crippen LogP contribution < -0.4 is 0 Å². The predicted molar refractivity (Wildman–Crippen MR) is 106 cm³/mol. The largest absolute Gasteiger partial charge is 0.469 e. The van der Waals surface area contributed by atoms with Crippen molar-refractivity contribution in [1.82, 2.24) is 19.5 Å². The molecule has 1 amide bonds. The van der Waals surface area contributed by atoms with Crippen LogP contribution in [0.4, 0.5) is 0 Å². The van der Waals surface area contributed by atoms with Gasteiger partial charge in [0, 0.05) is 24.8 Å². The van der Waals surface area contributed by atoms with E-state index in [2.05, 4.69) is 10.1 Å². The molecule has 0 saturated heterocycles. The van der Waals surface area contributed by atoms with E-state index in [0.29, 0.717) is 24.3 Å². The molecule has 0 spiro atoms. The number of esters is 1. The van der Waals surface area contributed by atoms with Crippen molar-refractivity contribution in [2.24, 2.45) is 5.92 Å². The monoisotopic (exact) mass is 380 g/mol. The van der Waals surface area contributed by atoms with E-state index in [0.717, 1.165) is 11.3 Å². The van der Waals surface area contributed by atoms with E-state index < -0.39 is 0 Å². The van der Waals surface area contributed by atoms with E-state index in [1.807, 2.05) is 50.2 Å². The first-order chi connectivity index (χ1) is 13.5. The molecule has 0 bridgehead atoms. The predicted octanol–water partition coefficient (Wildman–Crippen LogP) is 3.06. The Kier molecular flexibility index (Phi) is 6.03. The van der Waals surface area contributed by atoms with Crippen LogP contribution in [0.5, 0.6) is 0 Å². The minimum atomic E-state index is -0.342. The molecule has 0 atom stereocenters. The van der Waals surface area contributed by atoms with Gasteiger partial charge in [0.1, 0.15) is 5.56 Å². The summed E-state index contributed by atoms with van der Waals surface area (Å²) in [6.07, 6.45) is 3.37. The maximum absolute atomic E-state index is 13.2. The lowest BCUT2D eigenvalue weighted by Crippen LogP contribution is -2.36. The summed E-state index contributed by atoms with van der Waals surface area (Å²) >= 11 is 0. The normalized spacial score (nSPS) is 11.0. The molecule has 0 aliphatic carbocycles. The molecule has 0 aliphatic heterocycles. The molecule has 7 heteroatoms. The molecule has 3 aromatic rings. The molecule has 0 unspecified atom stereocenters. The Hall–Kier alpha value is -3.22. The number of amides is 1. The molecule has 0 fully saturated rings. The molecule has 2 aromatic heterocycles. The zero-order valence-electron chi connectivity index (χ0n) is 16.3. The summed E-state index contributed by atoms with van der Waals surface area (Å²) in [7, 11) is 1.34. The van der Waals surface area contributed by atoms with Gasteiger partial charge in [0.25, 0.3) is 5.91 Å². The van der Waals surface area contributed by atoms with Crippen LogP contribution in [-0.2, 0) is 9.53 Å². The molecule has 2 heterocycles. The van der Waals surface area contributed by atoms with E-state index in [-0.39, 0.29) is 24.2 Å². The maximum Gasteiger partial charge on any atom is 0.307 e. The van der Waals surface area contributed by atoms with Gasteiger partial charge in [-0.1, -0.05) is 44.2 Å². The van der Waals surface area contributed by atoms with Crippen LogP contribution in [0.25, 0.3) is 16.9 Å². The summed E-state index contributed by atoms with van der Waals surface area (Å²) in [5.74, 6) is -0.271. The summed E-state index contributed by atoms with van der Waals surface area (Å²) in [6, 6.07) is 11.7. The van der Waals surface area contributed by atoms with Gasteiger partial charge in [0.2, 0.25) is 0 Å². The number of carbonyl (C=O) groups excluding carboxylic acids is 2. The number of hydrogen-bond acceptors (Lipinski definition) is 5. The lowest BCUT2D eigenvalue weighted by Gasteiger charge is -2.23. The number of ether oxygens (including phenoxy) is 1. The van der Waals surface area contributed by atoms with Crippen molar-refractivity contribution in [1.29, 1.82) is 0 Å². The van der Waals surface area contributed by atoms with Gasteiger partial charge < -0.3 is 9.64 Å². The van der Waals surface area contributed by atoms with Crippen LogP contribution in [0.3, 0.4) is 0 Å². The Labute approximate surface area is 163 Å². The van der Waals surface area contributed by atoms with Crippen LogP contribution in [0, 0.1) is 5.92 Å². The summed E-state index contributed by atoms with van der Waals surface area (Å²) in [5, 5.41) is 4.40. The molecule has 0 radical (unpaired) electrons. The van der Waals surface area contributed by atoms with E-state index in [4.69, 9.17) is 4.74 Å². The topological polar surface area (TPSA) is 76.8 Å². The van der Waals surface area contributed by atoms with E-state index in [1.165, 1.54) is 7.11 Å². The number of nitrogens with zero attached hydrogens (tertiary/aromatic N) is 4. The highest BCUT2D eigenvalue weighted by Crippen LogP contribution is 2.21. The van der Waals surface area contributed by atoms with Gasteiger partial charge in [-0.05, 0) is 12.0 Å². The minimum Gasteiger partial charge on any atom is -0.469 e. The van der Waals surface area contributed by atoms with Gasteiger partial charge in [-0.2, -0.15) is 5.10 Å². The fraction of sp³-hybridized carbons (Fsp3) is 0.333. The quantitative estimate of drug-likeness (QED) is 0.589. The number of methoxy groups -OCH3 is 1. The van der Waals surface area contributed by atoms with Crippen LogP contribution in [-0.4, -0.2) is 51.6 Å². The zero-order chi connectivity index (χ0) is 20.1. The van der Waals surface area contributed by atoms with E-state index in [9.17, 15) is 9.59 Å². The van der Waals surface area contributed by atoms with Gasteiger partial charge in [0.15, 0.2) is 5.65 Å². The average Bonchev–Trinajstić information content (AvgIpc) is 3.14. The second-order valence-corrected chi connectivity index (χ2v) is 6.96. The van der Waals surface area contributed by atoms with Crippen molar-refractivity contribution >= 4 is 17.5 Å². The summed E-state index contributed by atoms with van der Waals surface area (Å²) < 4.78 is 6.38. The van der Waals surface area contributed by atoms with Crippen LogP contribution in [0.1, 0.15) is 30.6 Å². The summed E-state index contributed by atoms with van der Waals surface area (Å²) in [4.78, 5) is 30.8. The van der Waals surface area contributed by atoms with Crippen molar-refractivity contribution in [2.75, 3.05) is 20.2 Å². The summed E-state index contributed by atoms with van der Waals surface area (Å²) in [5.41, 5.74) is 2.76. The second kappa shape index (κ2) is 8.65. The highest BCUT2D eigenvalue weighted by atomic mass is 16.5. The zero-order valence-corrected chi connectivity index (χ0v) is 16.3. The highest BCUT2D eigenvalue weighted by Gasteiger charge is 2.23. The number of rotatable bonds is 7. The molecule has 7 nitrogen and oxygen atoms in total. The van der Waals surface area contributed by atoms with Crippen LogP contribution in [0.15, 0.2) is 48.8 Å². The molecule has 146 valence electrons. The smallest absolute Gasteiger partial charge is 0.307 e. The Morgan fingerprint density at radius 1 is 1.18 bits per heavy atom. The van der Waals surface area contributed by atoms with Gasteiger partial charge in [-0.15, -0.1) is 0 Å². The standard InChI is InChI=1S/C21H24N4O3/c1-15(2)14-24(12-10-19(26)28-3)21(27)17-13-23-25-18(9-11-22-20(17)25)16-7-5-4-6-8-16/h4-9,11,13,15H,10,12,14H2,1-3H3. The fourth-order valence-corrected chi connectivity index (χ4v) is 3.09. The SMILES string of the molecule is COC(=O)CCN(CC(C)C)C(=O)c1cnn2c(-c3ccccc3)ccnc12. The Balaban J connectivity index is 1.95. The van der Waals surface area contributed by atoms with Crippen LogP contribution in [0.2, 0.25) is 0 Å². The molecule has 0 aliphatic rings. The van der Waals surface area contributed by atoms with Crippen molar-refractivity contribution in [3.63, 3.8) is 0 Å². The van der Waals surface area contributed by atoms with Crippen molar-refractivity contribution in [3.05, 3.63) is 54.4 Å². The highest BCUT2D eigenvalue weighted by molar-refractivity contribution is 6.00. The number of fused-ring (bicyclic) bond motifs is 1.